The second-order valence-corrected chi connectivity index (χ2v) is 7.79. The molecular formula is C21H22N4O5. The maximum atomic E-state index is 13.0. The molecule has 1 saturated heterocycles. The van der Waals surface area contributed by atoms with Crippen LogP contribution in [0, 0.1) is 20.2 Å². The molecule has 9 heteroatoms. The lowest BCUT2D eigenvalue weighted by Crippen LogP contribution is -2.51. The van der Waals surface area contributed by atoms with Crippen molar-refractivity contribution in [3.8, 4) is 0 Å². The van der Waals surface area contributed by atoms with Crippen LogP contribution in [0.4, 0.5) is 11.4 Å². The molecule has 156 valence electrons. The zero-order valence-electron chi connectivity index (χ0n) is 16.4. The first-order chi connectivity index (χ1) is 14.4. The zero-order valence-corrected chi connectivity index (χ0v) is 16.4. The molecule has 9 nitrogen and oxygen atoms in total. The van der Waals surface area contributed by atoms with Gasteiger partial charge in [-0.05, 0) is 30.4 Å². The summed E-state index contributed by atoms with van der Waals surface area (Å²) in [7, 11) is 0. The monoisotopic (exact) mass is 410 g/mol. The Bertz CT molecular complexity index is 976. The van der Waals surface area contributed by atoms with Gasteiger partial charge in [-0.1, -0.05) is 24.3 Å². The summed E-state index contributed by atoms with van der Waals surface area (Å²) in [6.45, 7) is 2.81. The van der Waals surface area contributed by atoms with E-state index in [0.29, 0.717) is 13.1 Å². The summed E-state index contributed by atoms with van der Waals surface area (Å²) in [5.41, 5.74) is 1.76. The minimum atomic E-state index is -0.714. The molecule has 0 unspecified atom stereocenters. The first-order valence-electron chi connectivity index (χ1n) is 9.96. The number of likely N-dealkylation sites (tertiary alicyclic amines) is 1. The Hall–Kier alpha value is -3.33. The van der Waals surface area contributed by atoms with E-state index in [2.05, 4.69) is 17.0 Å². The molecule has 2 aliphatic heterocycles. The molecule has 0 N–H and O–H groups in total. The van der Waals surface area contributed by atoms with Crippen LogP contribution in [0.3, 0.4) is 0 Å². The molecular weight excluding hydrogens is 388 g/mol. The standard InChI is InChI=1S/C21H22N4O5/c26-21(17-10-19(24(27)28)12-20(11-17)25(29)30)23-8-3-6-18(14-23)22-9-7-15-4-1-2-5-16(15)13-22/h1-2,4-5,10-12,18H,3,6-9,13-14H2/t18-/m1/s1. The third-order valence-electron chi connectivity index (χ3n) is 5.93. The Balaban J connectivity index is 1.52. The van der Waals surface area contributed by atoms with Crippen LogP contribution < -0.4 is 0 Å². The number of carbonyl (C=O) groups is 1. The third kappa shape index (κ3) is 4.02. The average molecular weight is 410 g/mol. The van der Waals surface area contributed by atoms with Crippen molar-refractivity contribution in [3.05, 3.63) is 79.4 Å². The van der Waals surface area contributed by atoms with Crippen molar-refractivity contribution in [3.63, 3.8) is 0 Å². The van der Waals surface area contributed by atoms with Gasteiger partial charge in [0.15, 0.2) is 0 Å². The summed E-state index contributed by atoms with van der Waals surface area (Å²) in [6, 6.07) is 11.7. The van der Waals surface area contributed by atoms with Crippen LogP contribution >= 0.6 is 0 Å². The van der Waals surface area contributed by atoms with Crippen LogP contribution in [0.15, 0.2) is 42.5 Å². The second kappa shape index (κ2) is 8.19. The van der Waals surface area contributed by atoms with E-state index in [9.17, 15) is 25.0 Å². The highest BCUT2D eigenvalue weighted by atomic mass is 16.6. The number of rotatable bonds is 4. The van der Waals surface area contributed by atoms with Crippen molar-refractivity contribution in [2.45, 2.75) is 31.8 Å². The third-order valence-corrected chi connectivity index (χ3v) is 5.93. The van der Waals surface area contributed by atoms with Crippen molar-refractivity contribution in [1.29, 1.82) is 0 Å². The number of non-ortho nitro benzene ring substituents is 2. The van der Waals surface area contributed by atoms with Crippen LogP contribution in [0.25, 0.3) is 0 Å². The lowest BCUT2D eigenvalue weighted by Gasteiger charge is -2.41. The van der Waals surface area contributed by atoms with E-state index in [0.717, 1.165) is 50.6 Å². The Morgan fingerprint density at radius 3 is 2.30 bits per heavy atom. The van der Waals surface area contributed by atoms with Gasteiger partial charge in [-0.25, -0.2) is 0 Å². The van der Waals surface area contributed by atoms with Crippen LogP contribution in [0.1, 0.15) is 34.3 Å². The van der Waals surface area contributed by atoms with E-state index in [4.69, 9.17) is 0 Å². The number of hydrogen-bond donors (Lipinski definition) is 0. The fourth-order valence-corrected chi connectivity index (χ4v) is 4.38. The van der Waals surface area contributed by atoms with E-state index in [1.165, 1.54) is 11.1 Å². The zero-order chi connectivity index (χ0) is 21.3. The number of hydrogen-bond acceptors (Lipinski definition) is 6. The number of nitro groups is 2. The van der Waals surface area contributed by atoms with Gasteiger partial charge in [-0.15, -0.1) is 0 Å². The van der Waals surface area contributed by atoms with E-state index in [1.54, 1.807) is 4.90 Å². The van der Waals surface area contributed by atoms with Crippen LogP contribution in [0.2, 0.25) is 0 Å². The maximum Gasteiger partial charge on any atom is 0.277 e. The van der Waals surface area contributed by atoms with E-state index in [1.807, 2.05) is 12.1 Å². The molecule has 0 aromatic heterocycles. The number of piperidine rings is 1. The highest BCUT2D eigenvalue weighted by molar-refractivity contribution is 5.95. The summed E-state index contributed by atoms with van der Waals surface area (Å²) in [5.74, 6) is -0.399. The largest absolute Gasteiger partial charge is 0.337 e. The van der Waals surface area contributed by atoms with E-state index < -0.39 is 27.1 Å². The topological polar surface area (TPSA) is 110 Å². The highest BCUT2D eigenvalue weighted by Gasteiger charge is 2.31. The van der Waals surface area contributed by atoms with Crippen LogP contribution in [0.5, 0.6) is 0 Å². The Kier molecular flexibility index (Phi) is 5.45. The van der Waals surface area contributed by atoms with Gasteiger partial charge in [-0.3, -0.25) is 29.9 Å². The normalized spacial score (nSPS) is 19.2. The molecule has 1 atom stereocenters. The lowest BCUT2D eigenvalue weighted by atomic mass is 9.95. The number of carbonyl (C=O) groups excluding carboxylic acids is 1. The maximum absolute atomic E-state index is 13.0. The molecule has 2 heterocycles. The minimum absolute atomic E-state index is 0.0134. The molecule has 0 bridgehead atoms. The Morgan fingerprint density at radius 2 is 1.63 bits per heavy atom. The predicted octanol–water partition coefficient (Wildman–Crippen LogP) is 3.17. The molecule has 2 aromatic rings. The molecule has 0 aliphatic carbocycles. The van der Waals surface area contributed by atoms with Gasteiger partial charge in [0.25, 0.3) is 17.3 Å². The molecule has 2 aliphatic rings. The Labute approximate surface area is 173 Å². The van der Waals surface area contributed by atoms with Crippen molar-refractivity contribution < 1.29 is 14.6 Å². The van der Waals surface area contributed by atoms with Crippen molar-refractivity contribution >= 4 is 17.3 Å². The van der Waals surface area contributed by atoms with Crippen molar-refractivity contribution in [2.75, 3.05) is 19.6 Å². The second-order valence-electron chi connectivity index (χ2n) is 7.79. The fraction of sp³-hybridized carbons (Fsp3) is 0.381. The van der Waals surface area contributed by atoms with Crippen molar-refractivity contribution in [2.24, 2.45) is 0 Å². The van der Waals surface area contributed by atoms with Crippen molar-refractivity contribution in [1.82, 2.24) is 9.80 Å². The summed E-state index contributed by atoms with van der Waals surface area (Å²) in [6.07, 6.45) is 2.77. The number of amides is 1. The van der Waals surface area contributed by atoms with E-state index in [-0.39, 0.29) is 11.6 Å². The Morgan fingerprint density at radius 1 is 0.967 bits per heavy atom. The van der Waals surface area contributed by atoms with E-state index >= 15 is 0 Å². The molecule has 0 saturated carbocycles. The average Bonchev–Trinajstić information content (AvgIpc) is 2.78. The molecule has 4 rings (SSSR count). The molecule has 0 spiro atoms. The van der Waals surface area contributed by atoms with Gasteiger partial charge in [0, 0.05) is 44.4 Å². The summed E-state index contributed by atoms with van der Waals surface area (Å²) >= 11 is 0. The summed E-state index contributed by atoms with van der Waals surface area (Å²) in [4.78, 5) is 37.9. The highest BCUT2D eigenvalue weighted by Crippen LogP contribution is 2.27. The van der Waals surface area contributed by atoms with Gasteiger partial charge < -0.3 is 4.90 Å². The number of benzene rings is 2. The first-order valence-corrected chi connectivity index (χ1v) is 9.96. The summed E-state index contributed by atoms with van der Waals surface area (Å²) < 4.78 is 0. The quantitative estimate of drug-likeness (QED) is 0.566. The van der Waals surface area contributed by atoms with Gasteiger partial charge in [0.2, 0.25) is 0 Å². The molecule has 1 amide bonds. The lowest BCUT2D eigenvalue weighted by molar-refractivity contribution is -0.394. The SMILES string of the molecule is O=C(c1cc([N+](=O)[O-])cc([N+](=O)[O-])c1)N1CCC[C@@H](N2CCc3ccccc3C2)C1. The van der Waals surface area contributed by atoms with Gasteiger partial charge in [0.05, 0.1) is 21.5 Å². The van der Waals surface area contributed by atoms with Gasteiger partial charge in [0.1, 0.15) is 0 Å². The summed E-state index contributed by atoms with van der Waals surface area (Å²) in [5, 5.41) is 22.3. The fourth-order valence-electron chi connectivity index (χ4n) is 4.38. The minimum Gasteiger partial charge on any atom is -0.337 e. The number of fused-ring (bicyclic) bond motifs is 1. The number of nitrogens with zero attached hydrogens (tertiary/aromatic N) is 4. The predicted molar refractivity (Wildman–Crippen MR) is 109 cm³/mol. The first kappa shape index (κ1) is 20.0. The molecule has 0 radical (unpaired) electrons. The smallest absolute Gasteiger partial charge is 0.277 e. The molecule has 30 heavy (non-hydrogen) atoms. The van der Waals surface area contributed by atoms with Gasteiger partial charge in [-0.2, -0.15) is 0 Å². The van der Waals surface area contributed by atoms with Crippen LogP contribution in [-0.2, 0) is 13.0 Å². The molecule has 2 aromatic carbocycles. The van der Waals surface area contributed by atoms with Gasteiger partial charge >= 0.3 is 0 Å². The number of nitro benzene ring substituents is 2. The molecule has 1 fully saturated rings. The van der Waals surface area contributed by atoms with Crippen LogP contribution in [-0.4, -0.2) is 51.2 Å².